The predicted molar refractivity (Wildman–Crippen MR) is 90.0 cm³/mol. The summed E-state index contributed by atoms with van der Waals surface area (Å²) in [5.74, 6) is -0.221. The van der Waals surface area contributed by atoms with Gasteiger partial charge in [-0.05, 0) is 12.1 Å². The van der Waals surface area contributed by atoms with E-state index in [1.807, 2.05) is 0 Å². The Morgan fingerprint density at radius 3 is 2.15 bits per heavy atom. The highest BCUT2D eigenvalue weighted by Gasteiger charge is 2.50. The van der Waals surface area contributed by atoms with Crippen LogP contribution in [0.4, 0.5) is 18.9 Å². The molecule has 13 heteroatoms. The molecular formula is C14H13ClF3N3O5S. The van der Waals surface area contributed by atoms with Crippen molar-refractivity contribution < 1.29 is 35.8 Å². The van der Waals surface area contributed by atoms with E-state index in [2.05, 4.69) is 9.97 Å². The zero-order valence-corrected chi connectivity index (χ0v) is 15.7. The van der Waals surface area contributed by atoms with Gasteiger partial charge in [-0.3, -0.25) is 4.31 Å². The Labute approximate surface area is 157 Å². The number of aromatic nitrogens is 2. The van der Waals surface area contributed by atoms with Crippen LogP contribution in [0.25, 0.3) is 0 Å². The maximum Gasteiger partial charge on any atom is 0.516 e. The van der Waals surface area contributed by atoms with Crippen molar-refractivity contribution in [2.45, 2.75) is 5.51 Å². The molecule has 148 valence electrons. The van der Waals surface area contributed by atoms with E-state index in [0.29, 0.717) is 7.05 Å². The third-order valence-corrected chi connectivity index (χ3v) is 4.99. The summed E-state index contributed by atoms with van der Waals surface area (Å²) in [6, 6.07) is 4.75. The molecule has 0 aliphatic rings. The number of ether oxygens (including phenoxy) is 3. The van der Waals surface area contributed by atoms with Gasteiger partial charge in [0, 0.05) is 7.05 Å². The molecular weight excluding hydrogens is 415 g/mol. The quantitative estimate of drug-likeness (QED) is 0.699. The second-order valence-corrected chi connectivity index (χ2v) is 7.21. The lowest BCUT2D eigenvalue weighted by Gasteiger charge is -2.23. The minimum absolute atomic E-state index is 0.0257. The Hall–Kier alpha value is -2.47. The molecule has 0 N–H and O–H groups in total. The summed E-state index contributed by atoms with van der Waals surface area (Å²) in [6.07, 6.45) is 0. The number of methoxy groups -OCH3 is 2. The first kappa shape index (κ1) is 20.8. The summed E-state index contributed by atoms with van der Waals surface area (Å²) in [5, 5.41) is -0.294. The second-order valence-electron chi connectivity index (χ2n) is 4.84. The van der Waals surface area contributed by atoms with Crippen molar-refractivity contribution in [3.05, 3.63) is 29.3 Å². The highest BCUT2D eigenvalue weighted by Crippen LogP contribution is 2.41. The molecule has 0 aliphatic heterocycles. The molecule has 2 aromatic rings. The number of benzene rings is 1. The number of anilines is 1. The summed E-state index contributed by atoms with van der Waals surface area (Å²) >= 11 is 5.92. The van der Waals surface area contributed by atoms with Crippen molar-refractivity contribution in [3.8, 4) is 23.5 Å². The van der Waals surface area contributed by atoms with E-state index in [4.69, 9.17) is 25.8 Å². The van der Waals surface area contributed by atoms with E-state index < -0.39 is 21.2 Å². The minimum Gasteiger partial charge on any atom is -0.481 e. The maximum absolute atomic E-state index is 12.9. The fourth-order valence-corrected chi connectivity index (χ4v) is 2.98. The molecule has 0 spiro atoms. The summed E-state index contributed by atoms with van der Waals surface area (Å²) in [4.78, 5) is 7.73. The zero-order valence-electron chi connectivity index (χ0n) is 14.1. The molecule has 1 aromatic carbocycles. The van der Waals surface area contributed by atoms with Gasteiger partial charge in [0.15, 0.2) is 5.75 Å². The van der Waals surface area contributed by atoms with E-state index in [-0.39, 0.29) is 32.8 Å². The highest BCUT2D eigenvalue weighted by atomic mass is 35.5. The maximum atomic E-state index is 12.9. The van der Waals surface area contributed by atoms with Gasteiger partial charge in [0.1, 0.15) is 5.69 Å². The molecule has 8 nitrogen and oxygen atoms in total. The van der Waals surface area contributed by atoms with Gasteiger partial charge in [-0.2, -0.15) is 31.6 Å². The second kappa shape index (κ2) is 7.64. The largest absolute Gasteiger partial charge is 0.516 e. The van der Waals surface area contributed by atoms with Crippen LogP contribution in [0.5, 0.6) is 23.5 Å². The average Bonchev–Trinajstić information content (AvgIpc) is 2.60. The third-order valence-electron chi connectivity index (χ3n) is 3.20. The first-order valence-corrected chi connectivity index (χ1v) is 8.81. The SMILES string of the molecule is COc1cc(OC)nc(Oc2cccc(Cl)c2N(C)S(=O)(=O)C(F)(F)F)n1. The summed E-state index contributed by atoms with van der Waals surface area (Å²) in [7, 11) is -2.38. The molecule has 0 saturated carbocycles. The van der Waals surface area contributed by atoms with Crippen LogP contribution in [0.1, 0.15) is 0 Å². The van der Waals surface area contributed by atoms with Crippen LogP contribution in [0.3, 0.4) is 0 Å². The van der Waals surface area contributed by atoms with Gasteiger partial charge >= 0.3 is 21.5 Å². The van der Waals surface area contributed by atoms with Gasteiger partial charge in [-0.25, -0.2) is 0 Å². The highest BCUT2D eigenvalue weighted by molar-refractivity contribution is 7.93. The van der Waals surface area contributed by atoms with Crippen LogP contribution < -0.4 is 18.5 Å². The molecule has 1 aromatic heterocycles. The Bertz CT molecular complexity index is 918. The van der Waals surface area contributed by atoms with Crippen molar-refractivity contribution >= 4 is 27.3 Å². The smallest absolute Gasteiger partial charge is 0.481 e. The van der Waals surface area contributed by atoms with Crippen LogP contribution in [0.2, 0.25) is 5.02 Å². The van der Waals surface area contributed by atoms with Crippen molar-refractivity contribution in [1.29, 1.82) is 0 Å². The van der Waals surface area contributed by atoms with Crippen LogP contribution in [-0.4, -0.2) is 45.2 Å². The van der Waals surface area contributed by atoms with Crippen molar-refractivity contribution in [3.63, 3.8) is 0 Å². The molecule has 27 heavy (non-hydrogen) atoms. The zero-order chi connectivity index (χ0) is 20.4. The predicted octanol–water partition coefficient (Wildman–Crippen LogP) is 3.23. The Balaban J connectivity index is 2.54. The molecule has 0 saturated heterocycles. The molecule has 0 fully saturated rings. The average molecular weight is 428 g/mol. The van der Waals surface area contributed by atoms with E-state index in [9.17, 15) is 21.6 Å². The van der Waals surface area contributed by atoms with Gasteiger partial charge in [-0.1, -0.05) is 17.7 Å². The molecule has 1 heterocycles. The first-order chi connectivity index (χ1) is 12.5. The molecule has 0 unspecified atom stereocenters. The topological polar surface area (TPSA) is 90.9 Å². The van der Waals surface area contributed by atoms with E-state index >= 15 is 0 Å². The van der Waals surface area contributed by atoms with Gasteiger partial charge in [0.05, 0.1) is 25.3 Å². The van der Waals surface area contributed by atoms with Crippen LogP contribution in [-0.2, 0) is 10.0 Å². The van der Waals surface area contributed by atoms with Crippen LogP contribution >= 0.6 is 11.6 Å². The number of halogens is 4. The molecule has 0 atom stereocenters. The molecule has 0 bridgehead atoms. The Morgan fingerprint density at radius 2 is 1.67 bits per heavy atom. The van der Waals surface area contributed by atoms with Gasteiger partial charge < -0.3 is 14.2 Å². The van der Waals surface area contributed by atoms with Crippen LogP contribution in [0.15, 0.2) is 24.3 Å². The number of hydrogen-bond donors (Lipinski definition) is 0. The van der Waals surface area contributed by atoms with E-state index in [1.165, 1.54) is 38.5 Å². The number of rotatable bonds is 6. The normalized spacial score (nSPS) is 11.8. The monoisotopic (exact) mass is 427 g/mol. The summed E-state index contributed by atoms with van der Waals surface area (Å²) < 4.78 is 77.3. The molecule has 2 rings (SSSR count). The van der Waals surface area contributed by atoms with Crippen molar-refractivity contribution in [2.24, 2.45) is 0 Å². The minimum atomic E-state index is -5.71. The molecule has 0 radical (unpaired) electrons. The molecule has 0 amide bonds. The van der Waals surface area contributed by atoms with E-state index in [0.717, 1.165) is 0 Å². The summed E-state index contributed by atoms with van der Waals surface area (Å²) in [6.45, 7) is 0. The third kappa shape index (κ3) is 4.27. The molecule has 0 aliphatic carbocycles. The number of nitrogens with zero attached hydrogens (tertiary/aromatic N) is 3. The first-order valence-electron chi connectivity index (χ1n) is 7.00. The Morgan fingerprint density at radius 1 is 1.11 bits per heavy atom. The van der Waals surface area contributed by atoms with Crippen molar-refractivity contribution in [1.82, 2.24) is 9.97 Å². The number of para-hydroxylation sites is 1. The standard InChI is InChI=1S/C14H13ClF3N3O5S/c1-21(27(22,23)14(16,17)18)12-8(15)5-4-6-9(12)26-13-19-10(24-2)7-11(20-13)25-3/h4-7H,1-3H3. The van der Waals surface area contributed by atoms with Gasteiger partial charge in [-0.15, -0.1) is 0 Å². The van der Waals surface area contributed by atoms with Gasteiger partial charge in [0.2, 0.25) is 11.8 Å². The lowest BCUT2D eigenvalue weighted by atomic mass is 10.3. The van der Waals surface area contributed by atoms with Crippen molar-refractivity contribution in [2.75, 3.05) is 25.6 Å². The summed E-state index contributed by atoms with van der Waals surface area (Å²) in [5.41, 5.74) is -6.07. The number of alkyl halides is 3. The van der Waals surface area contributed by atoms with E-state index in [1.54, 1.807) is 0 Å². The fourth-order valence-electron chi connectivity index (χ4n) is 1.90. The van der Waals surface area contributed by atoms with Crippen LogP contribution in [0, 0.1) is 0 Å². The lowest BCUT2D eigenvalue weighted by molar-refractivity contribution is -0.0437. The lowest BCUT2D eigenvalue weighted by Crippen LogP contribution is -2.38. The number of hydrogen-bond acceptors (Lipinski definition) is 7. The Kier molecular flexibility index (Phi) is 5.90. The number of sulfonamides is 1. The van der Waals surface area contributed by atoms with Gasteiger partial charge in [0.25, 0.3) is 0 Å². The fraction of sp³-hybridized carbons (Fsp3) is 0.286.